The second-order valence-corrected chi connectivity index (χ2v) is 3.86. The Labute approximate surface area is 101 Å². The molecular formula is C10H12F3NO4. The third kappa shape index (κ3) is 4.36. The fourth-order valence-electron chi connectivity index (χ4n) is 1.64. The Morgan fingerprint density at radius 2 is 1.83 bits per heavy atom. The van der Waals surface area contributed by atoms with Gasteiger partial charge in [0.2, 0.25) is 5.91 Å². The van der Waals surface area contributed by atoms with Crippen LogP contribution in [0.5, 0.6) is 0 Å². The number of carboxylic acid groups (broad SMARTS) is 1. The van der Waals surface area contributed by atoms with Crippen molar-refractivity contribution in [3.63, 3.8) is 0 Å². The fourth-order valence-corrected chi connectivity index (χ4v) is 1.64. The molecule has 0 aromatic rings. The molecule has 0 saturated carbocycles. The molecule has 2 N–H and O–H groups in total. The van der Waals surface area contributed by atoms with Crippen molar-refractivity contribution in [1.29, 1.82) is 0 Å². The molecule has 2 unspecified atom stereocenters. The van der Waals surface area contributed by atoms with Crippen molar-refractivity contribution in [1.82, 2.24) is 5.48 Å². The van der Waals surface area contributed by atoms with Gasteiger partial charge < -0.3 is 5.11 Å². The molecular weight excluding hydrogens is 255 g/mol. The third-order valence-corrected chi connectivity index (χ3v) is 2.49. The lowest BCUT2D eigenvalue weighted by molar-refractivity contribution is -0.193. The molecule has 0 bridgehead atoms. The van der Waals surface area contributed by atoms with Crippen molar-refractivity contribution in [3.8, 4) is 0 Å². The highest BCUT2D eigenvalue weighted by atomic mass is 19.4. The zero-order chi connectivity index (χ0) is 13.8. The second kappa shape index (κ2) is 5.85. The van der Waals surface area contributed by atoms with E-state index in [0.29, 0.717) is 0 Å². The summed E-state index contributed by atoms with van der Waals surface area (Å²) in [5.41, 5.74) is 1.64. The standard InChI is InChI=1S/C10H12F3NO4/c11-10(12,13)5-18-14-8(15)6-3-1-2-4-7(6)9(16)17/h1-2,6-7H,3-5H2,(H,14,15)(H,16,17). The number of carbonyl (C=O) groups is 2. The van der Waals surface area contributed by atoms with Crippen molar-refractivity contribution in [2.24, 2.45) is 11.8 Å². The Bertz CT molecular complexity index is 354. The zero-order valence-electron chi connectivity index (χ0n) is 9.24. The largest absolute Gasteiger partial charge is 0.481 e. The summed E-state index contributed by atoms with van der Waals surface area (Å²) >= 11 is 0. The maximum absolute atomic E-state index is 11.8. The Hall–Kier alpha value is -1.57. The first-order chi connectivity index (χ1) is 8.31. The molecule has 1 amide bonds. The first-order valence-electron chi connectivity index (χ1n) is 5.17. The molecule has 0 spiro atoms. The average molecular weight is 267 g/mol. The number of allylic oxidation sites excluding steroid dienone is 2. The van der Waals surface area contributed by atoms with Gasteiger partial charge in [-0.1, -0.05) is 12.2 Å². The number of hydrogen-bond donors (Lipinski definition) is 2. The lowest BCUT2D eigenvalue weighted by atomic mass is 9.82. The van der Waals surface area contributed by atoms with E-state index >= 15 is 0 Å². The van der Waals surface area contributed by atoms with Gasteiger partial charge in [0.15, 0.2) is 6.61 Å². The molecule has 0 fully saturated rings. The molecule has 0 aromatic carbocycles. The number of carboxylic acids is 1. The van der Waals surface area contributed by atoms with Crippen molar-refractivity contribution >= 4 is 11.9 Å². The van der Waals surface area contributed by atoms with Gasteiger partial charge in [0.05, 0.1) is 11.8 Å². The van der Waals surface area contributed by atoms with Crippen LogP contribution >= 0.6 is 0 Å². The van der Waals surface area contributed by atoms with Gasteiger partial charge in [-0.3, -0.25) is 14.4 Å². The summed E-state index contributed by atoms with van der Waals surface area (Å²) in [6.45, 7) is -1.61. The van der Waals surface area contributed by atoms with Crippen LogP contribution in [0.2, 0.25) is 0 Å². The molecule has 2 atom stereocenters. The van der Waals surface area contributed by atoms with Crippen LogP contribution in [0.4, 0.5) is 13.2 Å². The molecule has 0 aromatic heterocycles. The van der Waals surface area contributed by atoms with Gasteiger partial charge >= 0.3 is 12.1 Å². The molecule has 1 aliphatic rings. The van der Waals surface area contributed by atoms with E-state index in [0.717, 1.165) is 0 Å². The lowest BCUT2D eigenvalue weighted by Crippen LogP contribution is -2.40. The summed E-state index contributed by atoms with van der Waals surface area (Å²) in [5.74, 6) is -3.86. The molecule has 0 aliphatic heterocycles. The van der Waals surface area contributed by atoms with E-state index in [9.17, 15) is 22.8 Å². The molecule has 0 saturated heterocycles. The van der Waals surface area contributed by atoms with Crippen molar-refractivity contribution in [2.75, 3.05) is 6.61 Å². The minimum absolute atomic E-state index is 0.165. The predicted octanol–water partition coefficient (Wildman–Crippen LogP) is 1.26. The SMILES string of the molecule is O=C(O)C1CC=CCC1C(=O)NOCC(F)(F)F. The van der Waals surface area contributed by atoms with Gasteiger partial charge in [-0.15, -0.1) is 0 Å². The highest BCUT2D eigenvalue weighted by Crippen LogP contribution is 2.26. The molecule has 0 heterocycles. The van der Waals surface area contributed by atoms with Crippen molar-refractivity contribution in [3.05, 3.63) is 12.2 Å². The Morgan fingerprint density at radius 1 is 1.28 bits per heavy atom. The van der Waals surface area contributed by atoms with Crippen LogP contribution < -0.4 is 5.48 Å². The molecule has 1 aliphatic carbocycles. The van der Waals surface area contributed by atoms with Crippen LogP contribution in [0.15, 0.2) is 12.2 Å². The number of hydrogen-bond acceptors (Lipinski definition) is 3. The quantitative estimate of drug-likeness (QED) is 0.594. The van der Waals surface area contributed by atoms with Crippen LogP contribution in [0.25, 0.3) is 0 Å². The number of alkyl halides is 3. The number of hydroxylamine groups is 1. The summed E-state index contributed by atoms with van der Waals surface area (Å²) in [4.78, 5) is 26.4. The van der Waals surface area contributed by atoms with E-state index in [-0.39, 0.29) is 12.8 Å². The van der Waals surface area contributed by atoms with Crippen LogP contribution in [0.3, 0.4) is 0 Å². The summed E-state index contributed by atoms with van der Waals surface area (Å²) in [5, 5.41) is 8.88. The van der Waals surface area contributed by atoms with Gasteiger partial charge in [-0.25, -0.2) is 5.48 Å². The topological polar surface area (TPSA) is 75.6 Å². The number of aliphatic carboxylic acids is 1. The molecule has 1 rings (SSSR count). The molecule has 18 heavy (non-hydrogen) atoms. The predicted molar refractivity (Wildman–Crippen MR) is 53.1 cm³/mol. The van der Waals surface area contributed by atoms with E-state index in [1.54, 1.807) is 17.6 Å². The Balaban J connectivity index is 2.49. The smallest absolute Gasteiger partial charge is 0.414 e. The minimum atomic E-state index is -4.55. The number of rotatable bonds is 4. The highest BCUT2D eigenvalue weighted by Gasteiger charge is 2.35. The van der Waals surface area contributed by atoms with Gasteiger partial charge in [0.25, 0.3) is 0 Å². The van der Waals surface area contributed by atoms with Crippen LogP contribution in [0.1, 0.15) is 12.8 Å². The second-order valence-electron chi connectivity index (χ2n) is 3.86. The number of halogens is 3. The van der Waals surface area contributed by atoms with Gasteiger partial charge in [0.1, 0.15) is 0 Å². The lowest BCUT2D eigenvalue weighted by Gasteiger charge is -2.23. The molecule has 8 heteroatoms. The van der Waals surface area contributed by atoms with Gasteiger partial charge in [0, 0.05) is 0 Å². The fraction of sp³-hybridized carbons (Fsp3) is 0.600. The van der Waals surface area contributed by atoms with Gasteiger partial charge in [-0.05, 0) is 12.8 Å². The van der Waals surface area contributed by atoms with Crippen molar-refractivity contribution in [2.45, 2.75) is 19.0 Å². The zero-order valence-corrected chi connectivity index (χ0v) is 9.24. The van der Waals surface area contributed by atoms with E-state index < -0.39 is 36.5 Å². The Kier molecular flexibility index (Phi) is 4.71. The monoisotopic (exact) mass is 267 g/mol. The summed E-state index contributed by atoms with van der Waals surface area (Å²) < 4.78 is 35.3. The number of nitrogens with one attached hydrogen (secondary N) is 1. The minimum Gasteiger partial charge on any atom is -0.481 e. The van der Waals surface area contributed by atoms with Crippen LogP contribution in [-0.4, -0.2) is 29.8 Å². The van der Waals surface area contributed by atoms with Crippen molar-refractivity contribution < 1.29 is 32.7 Å². The number of carbonyl (C=O) groups excluding carboxylic acids is 1. The van der Waals surface area contributed by atoms with E-state index in [1.807, 2.05) is 0 Å². The summed E-state index contributed by atoms with van der Waals surface area (Å²) in [6.07, 6.45) is -0.969. The average Bonchev–Trinajstić information content (AvgIpc) is 2.27. The van der Waals surface area contributed by atoms with Gasteiger partial charge in [-0.2, -0.15) is 13.2 Å². The van der Waals surface area contributed by atoms with Crippen LogP contribution in [-0.2, 0) is 14.4 Å². The first kappa shape index (κ1) is 14.5. The highest BCUT2D eigenvalue weighted by molar-refractivity contribution is 5.84. The van der Waals surface area contributed by atoms with E-state index in [4.69, 9.17) is 5.11 Å². The third-order valence-electron chi connectivity index (χ3n) is 2.49. The van der Waals surface area contributed by atoms with Crippen LogP contribution in [0, 0.1) is 11.8 Å². The molecule has 102 valence electrons. The maximum atomic E-state index is 11.8. The van der Waals surface area contributed by atoms with E-state index in [2.05, 4.69) is 4.84 Å². The molecule has 0 radical (unpaired) electrons. The maximum Gasteiger partial charge on any atom is 0.414 e. The van der Waals surface area contributed by atoms with E-state index in [1.165, 1.54) is 0 Å². The summed E-state index contributed by atoms with van der Waals surface area (Å²) in [6, 6.07) is 0. The summed E-state index contributed by atoms with van der Waals surface area (Å²) in [7, 11) is 0. The Morgan fingerprint density at radius 3 is 2.33 bits per heavy atom. The normalized spacial score (nSPS) is 23.7. The first-order valence-corrected chi connectivity index (χ1v) is 5.17. The molecule has 5 nitrogen and oxygen atoms in total. The number of amides is 1.